The third-order valence-electron chi connectivity index (χ3n) is 13.7. The Kier molecular flexibility index (Phi) is 19.4. The minimum atomic E-state index is -1.12. The second kappa shape index (κ2) is 27.2. The van der Waals surface area contributed by atoms with Gasteiger partial charge in [-0.15, -0.1) is 0 Å². The van der Waals surface area contributed by atoms with Crippen LogP contribution in [0.25, 0.3) is 0 Å². The molecule has 8 heterocycles. The van der Waals surface area contributed by atoms with Crippen LogP contribution in [0.15, 0.2) is 80.0 Å². The Labute approximate surface area is 497 Å². The Bertz CT molecular complexity index is 3910. The molecule has 8 aromatic heterocycles. The average molecular weight is 1200 g/mol. The van der Waals surface area contributed by atoms with E-state index in [4.69, 9.17) is 11.5 Å². The number of unbranched alkanes of at least 4 members (excludes halogenated alkanes) is 4. The Hall–Kier alpha value is -10.9. The van der Waals surface area contributed by atoms with Gasteiger partial charge < -0.3 is 95.9 Å². The highest BCUT2D eigenvalue weighted by atomic mass is 16.2. The van der Waals surface area contributed by atoms with Crippen LogP contribution in [0.2, 0.25) is 0 Å². The van der Waals surface area contributed by atoms with E-state index in [1.807, 2.05) is 0 Å². The largest absolute Gasteiger partial charge is 0.351 e. The molecule has 8 aromatic rings. The van der Waals surface area contributed by atoms with Crippen LogP contribution < -0.4 is 59.3 Å². The molecule has 0 fully saturated rings. The van der Waals surface area contributed by atoms with Gasteiger partial charge in [0, 0.05) is 125 Å². The maximum Gasteiger partial charge on any atom is 0.292 e. The van der Waals surface area contributed by atoms with Gasteiger partial charge in [-0.25, -0.2) is 19.9 Å². The molecule has 0 bridgehead atoms. The summed E-state index contributed by atoms with van der Waals surface area (Å²) in [5.74, 6) is -4.74. The number of hydrogen-bond acceptors (Lipinski definition) is 15. The van der Waals surface area contributed by atoms with Crippen molar-refractivity contribution >= 4 is 93.4 Å². The molecule has 32 nitrogen and oxygen atoms in total. The van der Waals surface area contributed by atoms with E-state index in [9.17, 15) is 43.2 Å². The smallest absolute Gasteiger partial charge is 0.292 e. The van der Waals surface area contributed by atoms with Crippen molar-refractivity contribution in [2.45, 2.75) is 44.6 Å². The Morgan fingerprint density at radius 3 is 1.22 bits per heavy atom. The first kappa shape index (κ1) is 62.2. The SMILES string of the molecule is Cn1cc(NC(=O)c2cc(NC(=O)c3cc(NC(=O)c4nc(NC(=O)[C@H](N)CCNC(=O)c5nc(NC(=O)c6cc(NC(=O)c7nc(NC(=O)c8nccn8C)cn7C)cn6C)cn5C)cn4C)cn3C)cn2C)cc1C(=O)NCCCCCCCN. The summed E-state index contributed by atoms with van der Waals surface area (Å²) in [6.45, 7) is 1.16. The fraction of sp³-hybridized carbons (Fsp3) is 0.327. The molecule has 0 saturated carbocycles. The lowest BCUT2D eigenvalue weighted by Gasteiger charge is -2.11. The van der Waals surface area contributed by atoms with Crippen molar-refractivity contribution in [3.05, 3.63) is 126 Å². The number of nitrogens with zero attached hydrogens (tertiary/aromatic N) is 12. The lowest BCUT2D eigenvalue weighted by Crippen LogP contribution is -2.39. The highest BCUT2D eigenvalue weighted by Gasteiger charge is 2.25. The van der Waals surface area contributed by atoms with E-state index >= 15 is 0 Å². The third kappa shape index (κ3) is 15.3. The molecule has 0 saturated heterocycles. The van der Waals surface area contributed by atoms with Crippen molar-refractivity contribution in [3.63, 3.8) is 0 Å². The van der Waals surface area contributed by atoms with Crippen LogP contribution >= 0.6 is 0 Å². The predicted octanol–water partition coefficient (Wildman–Crippen LogP) is 2.21. The Morgan fingerprint density at radius 2 is 0.770 bits per heavy atom. The fourth-order valence-electron chi connectivity index (χ4n) is 9.21. The van der Waals surface area contributed by atoms with Gasteiger partial charge in [-0.05, 0) is 50.1 Å². The first-order chi connectivity index (χ1) is 41.5. The Morgan fingerprint density at radius 1 is 0.402 bits per heavy atom. The normalized spacial score (nSPS) is 11.4. The van der Waals surface area contributed by atoms with Crippen LogP contribution in [0.4, 0.5) is 40.2 Å². The fourth-order valence-corrected chi connectivity index (χ4v) is 9.21. The van der Waals surface area contributed by atoms with E-state index in [2.05, 4.69) is 67.8 Å². The van der Waals surface area contributed by atoms with Crippen LogP contribution in [0, 0.1) is 0 Å². The van der Waals surface area contributed by atoms with Crippen molar-refractivity contribution in [1.82, 2.24) is 67.1 Å². The summed E-state index contributed by atoms with van der Waals surface area (Å²) in [5, 5.41) is 24.4. The number of rotatable bonds is 26. The van der Waals surface area contributed by atoms with Gasteiger partial charge in [0.1, 0.15) is 22.8 Å². The summed E-state index contributed by atoms with van der Waals surface area (Å²) in [4.78, 5) is 135. The minimum Gasteiger partial charge on any atom is -0.351 e. The van der Waals surface area contributed by atoms with Gasteiger partial charge in [-0.1, -0.05) is 19.3 Å². The van der Waals surface area contributed by atoms with Crippen molar-refractivity contribution in [1.29, 1.82) is 0 Å². The third-order valence-corrected chi connectivity index (χ3v) is 13.7. The number of nitrogens with two attached hydrogens (primary N) is 2. The molecular weight excluding hydrogens is 1130 g/mol. The van der Waals surface area contributed by atoms with Gasteiger partial charge in [0.15, 0.2) is 23.3 Å². The molecule has 0 aliphatic heterocycles. The molecule has 8 rings (SSSR count). The van der Waals surface area contributed by atoms with Crippen LogP contribution in [-0.4, -0.2) is 135 Å². The predicted molar refractivity (Wildman–Crippen MR) is 320 cm³/mol. The first-order valence-electron chi connectivity index (χ1n) is 27.4. The van der Waals surface area contributed by atoms with Crippen LogP contribution in [0.3, 0.4) is 0 Å². The number of anilines is 7. The molecule has 32 heteroatoms. The van der Waals surface area contributed by atoms with E-state index in [0.29, 0.717) is 30.2 Å². The molecule has 0 aliphatic rings. The van der Waals surface area contributed by atoms with Crippen LogP contribution in [0.1, 0.15) is 123 Å². The molecule has 0 aromatic carbocycles. The second-order valence-electron chi connectivity index (χ2n) is 20.6. The first-order valence-corrected chi connectivity index (χ1v) is 27.4. The number of amides is 9. The van der Waals surface area contributed by atoms with Crippen molar-refractivity contribution < 1.29 is 43.2 Å². The summed E-state index contributed by atoms with van der Waals surface area (Å²) in [5.41, 5.74) is 13.9. The zero-order chi connectivity index (χ0) is 62.8. The maximum atomic E-state index is 13.5. The molecule has 458 valence electrons. The second-order valence-corrected chi connectivity index (χ2v) is 20.6. The summed E-state index contributed by atoms with van der Waals surface area (Å²) in [6.07, 6.45) is 18.6. The molecule has 9 amide bonds. The number of carbonyl (C=O) groups is 9. The van der Waals surface area contributed by atoms with Gasteiger partial charge in [0.05, 0.1) is 28.8 Å². The van der Waals surface area contributed by atoms with Crippen LogP contribution in [-0.2, 0) is 61.2 Å². The van der Waals surface area contributed by atoms with Gasteiger partial charge in [0.2, 0.25) is 23.4 Å². The standard InChI is InChI=1S/C55H69N23O9/c1-71-19-18-58-43(71)53(85)70-42-30-78(8)46(67-42)55(87)64-34-23-39(75(5)27-34)51(83)69-41-29-76(6)44(65-41)52(84)60-17-14-35(57)47(79)68-40-28-77(7)45(66-40)54(86)63-33-22-38(74(4)26-33)50(82)62-32-21-37(73(3)25-32)49(81)61-31-20-36(72(2)24-31)48(80)59-16-13-11-9-10-12-15-56/h18-30,35H,9-17,56-57H2,1-8H3,(H,59,80)(H,60,84)(H,61,81)(H,62,82)(H,63,86)(H,64,87)(H,68,79)(H,69,83)(H,70,85)/t35-/m1/s1. The topological polar surface area (TPSA) is 405 Å². The van der Waals surface area contributed by atoms with Gasteiger partial charge in [-0.3, -0.25) is 43.2 Å². The molecule has 0 aliphatic carbocycles. The van der Waals surface area contributed by atoms with E-state index in [1.165, 1.54) is 82.8 Å². The summed E-state index contributed by atoms with van der Waals surface area (Å²) in [7, 11) is 12.9. The lowest BCUT2D eigenvalue weighted by atomic mass is 10.1. The monoisotopic (exact) mass is 1200 g/mol. The van der Waals surface area contributed by atoms with Gasteiger partial charge in [-0.2, -0.15) is 0 Å². The van der Waals surface area contributed by atoms with Crippen molar-refractivity contribution in [2.75, 3.05) is 56.9 Å². The van der Waals surface area contributed by atoms with E-state index in [1.54, 1.807) is 90.2 Å². The molecule has 1 atom stereocenters. The molecule has 0 radical (unpaired) electrons. The van der Waals surface area contributed by atoms with Crippen LogP contribution in [0.5, 0.6) is 0 Å². The summed E-state index contributed by atoms with van der Waals surface area (Å²) >= 11 is 0. The van der Waals surface area contributed by atoms with Crippen molar-refractivity contribution in [3.8, 4) is 0 Å². The van der Waals surface area contributed by atoms with E-state index in [-0.39, 0.29) is 88.1 Å². The molecule has 87 heavy (non-hydrogen) atoms. The lowest BCUT2D eigenvalue weighted by molar-refractivity contribution is -0.117. The molecule has 0 unspecified atom stereocenters. The zero-order valence-electron chi connectivity index (χ0n) is 49.1. The molecular formula is C55H69N23O9. The van der Waals surface area contributed by atoms with Crippen molar-refractivity contribution in [2.24, 2.45) is 67.8 Å². The average Bonchev–Trinajstić information content (AvgIpc) is 4.56. The Balaban J connectivity index is 0.763. The van der Waals surface area contributed by atoms with E-state index < -0.39 is 53.3 Å². The van der Waals surface area contributed by atoms with Gasteiger partial charge >= 0.3 is 0 Å². The minimum absolute atomic E-state index is 0.0125. The zero-order valence-corrected chi connectivity index (χ0v) is 49.1. The number of aromatic nitrogens is 12. The van der Waals surface area contributed by atoms with E-state index in [0.717, 1.165) is 32.1 Å². The number of nitrogens with one attached hydrogen (secondary N) is 9. The number of hydrogen-bond donors (Lipinski definition) is 11. The number of imidazole rings is 4. The highest BCUT2D eigenvalue weighted by molar-refractivity contribution is 6.10. The van der Waals surface area contributed by atoms with Gasteiger partial charge in [0.25, 0.3) is 47.3 Å². The maximum absolute atomic E-state index is 13.5. The quantitative estimate of drug-likeness (QED) is 0.0346. The summed E-state index contributed by atoms with van der Waals surface area (Å²) in [6, 6.07) is 4.86. The summed E-state index contributed by atoms with van der Waals surface area (Å²) < 4.78 is 11.9. The molecule has 13 N–H and O–H groups in total. The highest BCUT2D eigenvalue weighted by Crippen LogP contribution is 2.22. The number of aryl methyl sites for hydroxylation is 8. The number of carbonyl (C=O) groups excluding carboxylic acids is 9. The molecule has 0 spiro atoms.